The topological polar surface area (TPSA) is 148 Å². The minimum Gasteiger partial charge on any atom is -0.469 e. The average Bonchev–Trinajstić information content (AvgIpc) is 3.21. The summed E-state index contributed by atoms with van der Waals surface area (Å²) in [5.41, 5.74) is -0.155. The number of carbonyl (C=O) groups excluding carboxylic acids is 4. The molecule has 0 bridgehead atoms. The van der Waals surface area contributed by atoms with Crippen LogP contribution < -0.4 is 5.32 Å². The number of carbonyl (C=O) groups is 4. The Balaban J connectivity index is 2.81. The summed E-state index contributed by atoms with van der Waals surface area (Å²) >= 11 is 0. The fourth-order valence-corrected chi connectivity index (χ4v) is 3.79. The fourth-order valence-electron chi connectivity index (χ4n) is 3.79. The molecule has 0 aromatic carbocycles. The third-order valence-electron chi connectivity index (χ3n) is 5.33. The third kappa shape index (κ3) is 6.04. The summed E-state index contributed by atoms with van der Waals surface area (Å²) in [5, 5.41) is 12.8. The van der Waals surface area contributed by atoms with E-state index in [1.165, 1.54) is 14.2 Å². The number of amides is 1. The largest absolute Gasteiger partial charge is 0.469 e. The highest BCUT2D eigenvalue weighted by atomic mass is 16.6. The van der Waals surface area contributed by atoms with Crippen molar-refractivity contribution in [2.24, 2.45) is 5.41 Å². The second-order valence-electron chi connectivity index (χ2n) is 9.63. The van der Waals surface area contributed by atoms with Gasteiger partial charge in [-0.05, 0) is 38.3 Å². The average molecular weight is 474 g/mol. The summed E-state index contributed by atoms with van der Waals surface area (Å²) in [5.74, 6) is -2.06. The lowest BCUT2D eigenvalue weighted by Crippen LogP contribution is -2.25. The molecule has 1 fully saturated rings. The quantitative estimate of drug-likeness (QED) is 0.349. The zero-order chi connectivity index (χ0) is 25.8. The predicted octanol–water partition coefficient (Wildman–Crippen LogP) is 2.57. The van der Waals surface area contributed by atoms with Crippen LogP contribution in [0, 0.1) is 16.7 Å². The molecule has 2 rings (SSSR count). The molecule has 1 aliphatic rings. The maximum absolute atomic E-state index is 13.1. The zero-order valence-corrected chi connectivity index (χ0v) is 20.6. The van der Waals surface area contributed by atoms with E-state index in [9.17, 15) is 24.4 Å². The van der Waals surface area contributed by atoms with E-state index in [2.05, 4.69) is 16.4 Å². The summed E-state index contributed by atoms with van der Waals surface area (Å²) in [6.45, 7) is 8.74. The highest BCUT2D eigenvalue weighted by Gasteiger charge is 2.39. The molecule has 10 heteroatoms. The highest BCUT2D eigenvalue weighted by Crippen LogP contribution is 2.40. The van der Waals surface area contributed by atoms with Gasteiger partial charge in [-0.3, -0.25) is 14.4 Å². The van der Waals surface area contributed by atoms with Crippen LogP contribution in [0.5, 0.6) is 0 Å². The Bertz CT molecular complexity index is 1080. The van der Waals surface area contributed by atoms with Crippen LogP contribution in [-0.2, 0) is 41.4 Å². The van der Waals surface area contributed by atoms with Gasteiger partial charge in [0, 0.05) is 24.0 Å². The van der Waals surface area contributed by atoms with Crippen LogP contribution in [0.25, 0.3) is 5.57 Å². The number of aromatic nitrogens is 1. The van der Waals surface area contributed by atoms with E-state index in [-0.39, 0.29) is 48.6 Å². The highest BCUT2D eigenvalue weighted by molar-refractivity contribution is 5.95. The number of ether oxygens (including phenoxy) is 3. The van der Waals surface area contributed by atoms with Crippen LogP contribution in [0.4, 0.5) is 0 Å². The van der Waals surface area contributed by atoms with E-state index in [1.54, 1.807) is 20.8 Å². The summed E-state index contributed by atoms with van der Waals surface area (Å²) in [6, 6.07) is 2.11. The van der Waals surface area contributed by atoms with E-state index in [0.717, 1.165) is 0 Å². The number of esters is 3. The molecule has 0 unspecified atom stereocenters. The first-order valence-corrected chi connectivity index (χ1v) is 10.8. The molecule has 0 saturated carbocycles. The molecule has 1 amide bonds. The first-order valence-electron chi connectivity index (χ1n) is 10.8. The van der Waals surface area contributed by atoms with Crippen molar-refractivity contribution >= 4 is 29.4 Å². The normalized spacial score (nSPS) is 16.4. The maximum Gasteiger partial charge on any atom is 0.355 e. The summed E-state index contributed by atoms with van der Waals surface area (Å²) < 4.78 is 15.1. The Morgan fingerprint density at radius 2 is 1.68 bits per heavy atom. The summed E-state index contributed by atoms with van der Waals surface area (Å²) in [6.07, 6.45) is -0.116. The Hall–Kier alpha value is -3.61. The van der Waals surface area contributed by atoms with Crippen LogP contribution in [-0.4, -0.2) is 48.6 Å². The maximum atomic E-state index is 13.1. The van der Waals surface area contributed by atoms with Gasteiger partial charge in [0.25, 0.3) is 0 Å². The van der Waals surface area contributed by atoms with Crippen LogP contribution in [0.2, 0.25) is 0 Å². The van der Waals surface area contributed by atoms with Crippen LogP contribution in [0.1, 0.15) is 74.8 Å². The predicted molar refractivity (Wildman–Crippen MR) is 121 cm³/mol. The van der Waals surface area contributed by atoms with Crippen molar-refractivity contribution in [1.29, 1.82) is 5.26 Å². The van der Waals surface area contributed by atoms with Crippen molar-refractivity contribution in [3.63, 3.8) is 0 Å². The van der Waals surface area contributed by atoms with Gasteiger partial charge in [0.15, 0.2) is 0 Å². The Morgan fingerprint density at radius 1 is 1.06 bits per heavy atom. The lowest BCUT2D eigenvalue weighted by molar-refractivity contribution is -0.141. The number of nitrogens with one attached hydrogen (secondary N) is 2. The number of aromatic amines is 1. The van der Waals surface area contributed by atoms with Crippen molar-refractivity contribution in [3.05, 3.63) is 28.2 Å². The molecule has 34 heavy (non-hydrogen) atoms. The number of hydrogen-bond donors (Lipinski definition) is 2. The third-order valence-corrected chi connectivity index (χ3v) is 5.33. The van der Waals surface area contributed by atoms with Crippen LogP contribution >= 0.6 is 0 Å². The molecule has 184 valence electrons. The van der Waals surface area contributed by atoms with Gasteiger partial charge in [0.2, 0.25) is 5.91 Å². The van der Waals surface area contributed by atoms with Gasteiger partial charge in [-0.1, -0.05) is 13.8 Å². The smallest absolute Gasteiger partial charge is 0.355 e. The number of allylic oxidation sites excluding steroid dienone is 2. The number of H-pyrrole nitrogens is 1. The Labute approximate surface area is 198 Å². The van der Waals surface area contributed by atoms with Gasteiger partial charge in [0.1, 0.15) is 17.4 Å². The molecule has 0 atom stereocenters. The molecule has 1 aromatic heterocycles. The van der Waals surface area contributed by atoms with E-state index in [4.69, 9.17) is 14.2 Å². The molecule has 2 N–H and O–H groups in total. The lowest BCUT2D eigenvalue weighted by Gasteiger charge is -2.19. The molecule has 0 radical (unpaired) electrons. The van der Waals surface area contributed by atoms with Crippen molar-refractivity contribution in [3.8, 4) is 6.07 Å². The molecular weight excluding hydrogens is 442 g/mol. The number of methoxy groups -OCH3 is 2. The van der Waals surface area contributed by atoms with Crippen molar-refractivity contribution < 1.29 is 33.4 Å². The molecule has 2 heterocycles. The van der Waals surface area contributed by atoms with Gasteiger partial charge in [0.05, 0.1) is 31.9 Å². The van der Waals surface area contributed by atoms with Crippen molar-refractivity contribution in [2.45, 2.75) is 65.9 Å². The van der Waals surface area contributed by atoms with Crippen molar-refractivity contribution in [2.75, 3.05) is 14.2 Å². The number of hydrogen-bond acceptors (Lipinski definition) is 8. The molecular formula is C24H31N3O7. The molecule has 1 saturated heterocycles. The number of nitriles is 1. The van der Waals surface area contributed by atoms with Gasteiger partial charge in [-0.25, -0.2) is 4.79 Å². The van der Waals surface area contributed by atoms with Gasteiger partial charge in [-0.15, -0.1) is 0 Å². The number of nitrogens with zero attached hydrogens (tertiary/aromatic N) is 1. The first-order chi connectivity index (χ1) is 15.7. The minimum atomic E-state index is -0.817. The standard InChI is InChI=1S/C24H31N3O7/c1-23(2,3)34-22(31)20-13(8-9-17(29)32-6)14(10-18(30)33-7)19(27-20)15(12-25)21-24(4,5)11-16(28)26-21/h27H,8-11H2,1-7H3,(H,26,28)/b21-15+. The lowest BCUT2D eigenvalue weighted by atomic mass is 9.85. The van der Waals surface area contributed by atoms with Crippen molar-refractivity contribution in [1.82, 2.24) is 10.3 Å². The van der Waals surface area contributed by atoms with E-state index >= 15 is 0 Å². The first kappa shape index (κ1) is 26.6. The van der Waals surface area contributed by atoms with Crippen LogP contribution in [0.3, 0.4) is 0 Å². The summed E-state index contributed by atoms with van der Waals surface area (Å²) in [7, 11) is 2.47. The van der Waals surface area contributed by atoms with Gasteiger partial charge >= 0.3 is 17.9 Å². The monoisotopic (exact) mass is 473 g/mol. The van der Waals surface area contributed by atoms with Crippen LogP contribution in [0.15, 0.2) is 5.70 Å². The van der Waals surface area contributed by atoms with Gasteiger partial charge in [-0.2, -0.15) is 5.26 Å². The van der Waals surface area contributed by atoms with E-state index in [1.807, 2.05) is 13.8 Å². The zero-order valence-electron chi connectivity index (χ0n) is 20.6. The number of rotatable bonds is 7. The molecule has 10 nitrogen and oxygen atoms in total. The molecule has 1 aromatic rings. The minimum absolute atomic E-state index is 0.0169. The summed E-state index contributed by atoms with van der Waals surface area (Å²) in [4.78, 5) is 52.3. The fraction of sp³-hybridized carbons (Fsp3) is 0.542. The molecule has 1 aliphatic heterocycles. The van der Waals surface area contributed by atoms with E-state index < -0.39 is 28.9 Å². The van der Waals surface area contributed by atoms with Gasteiger partial charge < -0.3 is 24.5 Å². The second-order valence-corrected chi connectivity index (χ2v) is 9.63. The second kappa shape index (κ2) is 10.1. The molecule has 0 spiro atoms. The Kier molecular flexibility index (Phi) is 7.93. The SMILES string of the molecule is COC(=O)CCc1c(C(=O)OC(C)(C)C)[nH]c(/C(C#N)=C2/NC(=O)CC2(C)C)c1CC(=O)OC. The van der Waals surface area contributed by atoms with E-state index in [0.29, 0.717) is 16.8 Å². The molecule has 0 aliphatic carbocycles. The Morgan fingerprint density at radius 3 is 2.15 bits per heavy atom.